The maximum Gasteiger partial charge on any atom is 0.0540 e. The van der Waals surface area contributed by atoms with Gasteiger partial charge in [-0.3, -0.25) is 9.97 Å². The quantitative estimate of drug-likeness (QED) is 0.183. The summed E-state index contributed by atoms with van der Waals surface area (Å²) in [4.78, 5) is 14.4. The molecule has 52 heavy (non-hydrogen) atoms. The van der Waals surface area contributed by atoms with E-state index >= 15 is 0 Å². The Hall–Kier alpha value is -6.78. The summed E-state index contributed by atoms with van der Waals surface area (Å²) >= 11 is 0. The molecule has 2 aromatic heterocycles. The van der Waals surface area contributed by atoms with Crippen molar-refractivity contribution in [3.8, 4) is 33.4 Å². The normalized spacial score (nSPS) is 12.8. The average molecular weight is 667 g/mol. The van der Waals surface area contributed by atoms with Crippen molar-refractivity contribution in [2.75, 3.05) is 9.80 Å². The Morgan fingerprint density at radius 2 is 0.596 bits per heavy atom. The van der Waals surface area contributed by atoms with E-state index in [-0.39, 0.29) is 0 Å². The van der Waals surface area contributed by atoms with Crippen LogP contribution in [-0.4, -0.2) is 9.97 Å². The first kappa shape index (κ1) is 30.1. The number of hydrogen-bond donors (Lipinski definition) is 0. The van der Waals surface area contributed by atoms with Crippen LogP contribution in [0.5, 0.6) is 0 Å². The molecule has 0 fully saturated rings. The van der Waals surface area contributed by atoms with Gasteiger partial charge in [-0.05, 0) is 70.8 Å². The third-order valence-electron chi connectivity index (χ3n) is 10.4. The summed E-state index contributed by atoms with van der Waals surface area (Å²) in [6.45, 7) is 0. The van der Waals surface area contributed by atoms with Gasteiger partial charge in [0.2, 0.25) is 0 Å². The summed E-state index contributed by atoms with van der Waals surface area (Å²) in [5, 5.41) is 0. The molecule has 0 bridgehead atoms. The lowest BCUT2D eigenvalue weighted by atomic mass is 9.93. The Balaban J connectivity index is 1.06. The Morgan fingerprint density at radius 1 is 0.308 bits per heavy atom. The molecule has 0 atom stereocenters. The van der Waals surface area contributed by atoms with E-state index in [4.69, 9.17) is 9.97 Å². The zero-order chi connectivity index (χ0) is 34.4. The molecule has 10 rings (SSSR count). The molecule has 0 saturated carbocycles. The molecule has 0 amide bonds. The lowest BCUT2D eigenvalue weighted by Gasteiger charge is -2.34. The van der Waals surface area contributed by atoms with Gasteiger partial charge in [-0.2, -0.15) is 0 Å². The van der Waals surface area contributed by atoms with Crippen LogP contribution < -0.4 is 9.80 Å². The van der Waals surface area contributed by atoms with Crippen LogP contribution in [0.4, 0.5) is 34.1 Å². The highest BCUT2D eigenvalue weighted by Gasteiger charge is 2.27. The van der Waals surface area contributed by atoms with Crippen molar-refractivity contribution in [1.82, 2.24) is 9.97 Å². The zero-order valence-electron chi connectivity index (χ0n) is 28.5. The minimum atomic E-state index is 0.922. The van der Waals surface area contributed by atoms with Gasteiger partial charge in [0.15, 0.2) is 0 Å². The first-order valence-corrected chi connectivity index (χ1v) is 17.8. The van der Waals surface area contributed by atoms with E-state index < -0.39 is 0 Å². The lowest BCUT2D eigenvalue weighted by Crippen LogP contribution is -2.19. The number of pyridine rings is 2. The van der Waals surface area contributed by atoms with Crippen LogP contribution >= 0.6 is 0 Å². The van der Waals surface area contributed by atoms with Crippen molar-refractivity contribution in [3.63, 3.8) is 0 Å². The average Bonchev–Trinajstić information content (AvgIpc) is 3.22. The maximum absolute atomic E-state index is 4.80. The van der Waals surface area contributed by atoms with Gasteiger partial charge < -0.3 is 9.80 Å². The van der Waals surface area contributed by atoms with Gasteiger partial charge in [0, 0.05) is 93.8 Å². The van der Waals surface area contributed by atoms with Gasteiger partial charge in [-0.1, -0.05) is 109 Å². The molecule has 0 aliphatic carbocycles. The number of anilines is 6. The molecular weight excluding hydrogens is 633 g/mol. The second kappa shape index (κ2) is 12.5. The van der Waals surface area contributed by atoms with Crippen molar-refractivity contribution in [3.05, 3.63) is 205 Å². The number of aromatic nitrogens is 2. The van der Waals surface area contributed by atoms with E-state index in [1.54, 1.807) is 0 Å². The maximum atomic E-state index is 4.80. The highest BCUT2D eigenvalue weighted by atomic mass is 15.2. The van der Waals surface area contributed by atoms with E-state index in [2.05, 4.69) is 168 Å². The second-order valence-corrected chi connectivity index (χ2v) is 13.5. The van der Waals surface area contributed by atoms with Gasteiger partial charge >= 0.3 is 0 Å². The standard InChI is InChI=1S/C48H34N4/c1-7-19-43-33(13-1)25-34-14-2-8-20-44(34)51(43)47-23-11-5-17-41(47)39-27-37(29-49-31-39)38-28-40(32-50-30-38)42-18-6-12-24-48(42)52-45-21-9-3-15-35(45)26-36-16-4-10-22-46(36)52/h1-24,27-32H,25-26H2. The molecule has 0 radical (unpaired) electrons. The van der Waals surface area contributed by atoms with E-state index in [0.29, 0.717) is 0 Å². The van der Waals surface area contributed by atoms with Crippen LogP contribution in [0.3, 0.4) is 0 Å². The van der Waals surface area contributed by atoms with Gasteiger partial charge in [-0.25, -0.2) is 0 Å². The summed E-state index contributed by atoms with van der Waals surface area (Å²) < 4.78 is 0. The Morgan fingerprint density at radius 3 is 0.962 bits per heavy atom. The highest BCUT2D eigenvalue weighted by molar-refractivity contribution is 5.94. The fraction of sp³-hybridized carbons (Fsp3) is 0.0417. The van der Waals surface area contributed by atoms with Crippen LogP contribution in [0.15, 0.2) is 183 Å². The number of benzene rings is 6. The van der Waals surface area contributed by atoms with Crippen LogP contribution in [0.1, 0.15) is 22.3 Å². The van der Waals surface area contributed by atoms with Crippen LogP contribution in [-0.2, 0) is 12.8 Å². The van der Waals surface area contributed by atoms with E-state index in [9.17, 15) is 0 Å². The van der Waals surface area contributed by atoms with E-state index in [1.807, 2.05) is 24.8 Å². The highest BCUT2D eigenvalue weighted by Crippen LogP contribution is 2.48. The number of nitrogens with zero attached hydrogens (tertiary/aromatic N) is 4. The summed E-state index contributed by atoms with van der Waals surface area (Å²) in [6, 6.07) is 56.8. The number of rotatable bonds is 5. The molecule has 0 N–H and O–H groups in total. The van der Waals surface area contributed by atoms with Crippen molar-refractivity contribution in [2.24, 2.45) is 0 Å². The molecule has 0 unspecified atom stereocenters. The van der Waals surface area contributed by atoms with Crippen LogP contribution in [0.25, 0.3) is 33.4 Å². The number of fused-ring (bicyclic) bond motifs is 4. The molecule has 8 aromatic rings. The monoisotopic (exact) mass is 666 g/mol. The Kier molecular flexibility index (Phi) is 7.24. The van der Waals surface area contributed by atoms with Crippen molar-refractivity contribution in [2.45, 2.75) is 12.8 Å². The largest absolute Gasteiger partial charge is 0.309 e. The Bertz CT molecular complexity index is 2350. The molecule has 4 heteroatoms. The predicted molar refractivity (Wildman–Crippen MR) is 213 cm³/mol. The van der Waals surface area contributed by atoms with Crippen molar-refractivity contribution in [1.29, 1.82) is 0 Å². The summed E-state index contributed by atoms with van der Waals surface area (Å²) in [5.41, 5.74) is 18.8. The van der Waals surface area contributed by atoms with E-state index in [1.165, 1.54) is 45.0 Å². The molecule has 4 nitrogen and oxygen atoms in total. The second-order valence-electron chi connectivity index (χ2n) is 13.5. The Labute approximate surface area is 304 Å². The molecule has 6 aromatic carbocycles. The van der Waals surface area contributed by atoms with Crippen molar-refractivity contribution >= 4 is 34.1 Å². The molecule has 0 saturated heterocycles. The van der Waals surface area contributed by atoms with Gasteiger partial charge in [0.05, 0.1) is 11.4 Å². The topological polar surface area (TPSA) is 32.3 Å². The zero-order valence-corrected chi connectivity index (χ0v) is 28.5. The SMILES string of the molecule is c1ccc2c(c1)Cc1ccccc1N2c1ccccc1-c1cncc(-c2cncc(-c3ccccc3N3c4ccccc4Cc4ccccc43)c2)c1. The molecular formula is C48H34N4. The molecule has 4 heterocycles. The first-order chi connectivity index (χ1) is 25.8. The fourth-order valence-corrected chi connectivity index (χ4v) is 8.02. The van der Waals surface area contributed by atoms with Crippen LogP contribution in [0, 0.1) is 0 Å². The summed E-state index contributed by atoms with van der Waals surface area (Å²) in [6.07, 6.45) is 9.68. The van der Waals surface area contributed by atoms with Gasteiger partial charge in [-0.15, -0.1) is 0 Å². The summed E-state index contributed by atoms with van der Waals surface area (Å²) in [5.74, 6) is 0. The third kappa shape index (κ3) is 5.07. The van der Waals surface area contributed by atoms with Gasteiger partial charge in [0.25, 0.3) is 0 Å². The molecule has 2 aliphatic heterocycles. The minimum Gasteiger partial charge on any atom is -0.309 e. The number of para-hydroxylation sites is 6. The third-order valence-corrected chi connectivity index (χ3v) is 10.4. The molecule has 2 aliphatic rings. The smallest absolute Gasteiger partial charge is 0.0540 e. The lowest BCUT2D eigenvalue weighted by molar-refractivity contribution is 1.09. The minimum absolute atomic E-state index is 0.922. The van der Waals surface area contributed by atoms with Crippen LogP contribution in [0.2, 0.25) is 0 Å². The molecule has 246 valence electrons. The predicted octanol–water partition coefficient (Wildman–Crippen LogP) is 12.2. The number of hydrogen-bond acceptors (Lipinski definition) is 4. The fourth-order valence-electron chi connectivity index (χ4n) is 8.02. The van der Waals surface area contributed by atoms with Crippen molar-refractivity contribution < 1.29 is 0 Å². The summed E-state index contributed by atoms with van der Waals surface area (Å²) in [7, 11) is 0. The van der Waals surface area contributed by atoms with Gasteiger partial charge in [0.1, 0.15) is 0 Å². The first-order valence-electron chi connectivity index (χ1n) is 17.8. The molecule has 0 spiro atoms. The van der Waals surface area contributed by atoms with E-state index in [0.717, 1.165) is 57.6 Å².